The quantitative estimate of drug-likeness (QED) is 0.608. The second kappa shape index (κ2) is 6.87. The molecule has 3 N–H and O–H groups in total. The summed E-state index contributed by atoms with van der Waals surface area (Å²) in [6.45, 7) is 1.31. The topological polar surface area (TPSA) is 89.6 Å². The molecule has 0 aliphatic rings. The van der Waals surface area contributed by atoms with Crippen molar-refractivity contribution in [1.82, 2.24) is 0 Å². The molecule has 0 aliphatic carbocycles. The average molecular weight is 198 g/mol. The Kier molecular flexibility index (Phi) is 7.88. The van der Waals surface area contributed by atoms with Gasteiger partial charge in [0.05, 0.1) is 6.61 Å². The Balaban J connectivity index is 0. The smallest absolute Gasteiger partial charge is 0.320 e. The number of esters is 1. The lowest BCUT2D eigenvalue weighted by atomic mass is 10.2. The van der Waals surface area contributed by atoms with Crippen molar-refractivity contribution in [3.05, 3.63) is 0 Å². The first-order valence-electron chi connectivity index (χ1n) is 3.15. The molecule has 0 spiro atoms. The molecule has 0 rings (SSSR count). The highest BCUT2D eigenvalue weighted by molar-refractivity contribution is 5.85. The van der Waals surface area contributed by atoms with Gasteiger partial charge >= 0.3 is 11.9 Å². The predicted molar refractivity (Wildman–Crippen MR) is 44.1 cm³/mol. The number of carbonyl (C=O) groups is 2. The molecule has 0 aromatic rings. The van der Waals surface area contributed by atoms with E-state index in [1.165, 1.54) is 6.92 Å². The summed E-state index contributed by atoms with van der Waals surface area (Å²) in [5.74, 6) is -1.51. The van der Waals surface area contributed by atoms with Gasteiger partial charge in [-0.2, -0.15) is 0 Å². The molecule has 5 nitrogen and oxygen atoms in total. The van der Waals surface area contributed by atoms with Crippen molar-refractivity contribution in [2.24, 2.45) is 5.73 Å². The van der Waals surface area contributed by atoms with E-state index in [0.29, 0.717) is 0 Å². The van der Waals surface area contributed by atoms with Gasteiger partial charge in [0, 0.05) is 13.3 Å². The van der Waals surface area contributed by atoms with Crippen LogP contribution in [0.25, 0.3) is 0 Å². The summed E-state index contributed by atoms with van der Waals surface area (Å²) in [5, 5.41) is 8.28. The fourth-order valence-electron chi connectivity index (χ4n) is 0.453. The van der Waals surface area contributed by atoms with Gasteiger partial charge in [0.25, 0.3) is 0 Å². The molecule has 6 heteroatoms. The van der Waals surface area contributed by atoms with Crippen LogP contribution in [0.5, 0.6) is 0 Å². The zero-order valence-corrected chi connectivity index (χ0v) is 7.47. The molecule has 0 amide bonds. The molecular formula is C6H12ClNO4. The highest BCUT2D eigenvalue weighted by atomic mass is 35.5. The average Bonchev–Trinajstić information content (AvgIpc) is 1.86. The molecule has 1 atom stereocenters. The highest BCUT2D eigenvalue weighted by Crippen LogP contribution is 1.89. The Morgan fingerprint density at radius 2 is 2.08 bits per heavy atom. The molecule has 12 heavy (non-hydrogen) atoms. The van der Waals surface area contributed by atoms with Gasteiger partial charge in [0.2, 0.25) is 0 Å². The van der Waals surface area contributed by atoms with Gasteiger partial charge in [0.1, 0.15) is 6.04 Å². The number of carbonyl (C=O) groups excluding carboxylic acids is 1. The van der Waals surface area contributed by atoms with E-state index in [-0.39, 0.29) is 25.4 Å². The predicted octanol–water partition coefficient (Wildman–Crippen LogP) is -0.227. The summed E-state index contributed by atoms with van der Waals surface area (Å²) in [7, 11) is 0. The van der Waals surface area contributed by atoms with Crippen LogP contribution >= 0.6 is 12.4 Å². The molecular weight excluding hydrogens is 186 g/mol. The number of carboxylic acid groups (broad SMARTS) is 1. The third-order valence-electron chi connectivity index (χ3n) is 1.05. The van der Waals surface area contributed by atoms with E-state index in [4.69, 9.17) is 10.8 Å². The minimum Gasteiger partial charge on any atom is -0.480 e. The van der Waals surface area contributed by atoms with Crippen LogP contribution in [0.15, 0.2) is 0 Å². The van der Waals surface area contributed by atoms with Crippen molar-refractivity contribution in [1.29, 1.82) is 0 Å². The maximum Gasteiger partial charge on any atom is 0.320 e. The number of hydrogen-bond acceptors (Lipinski definition) is 4. The third kappa shape index (κ3) is 7.30. The lowest BCUT2D eigenvalue weighted by Gasteiger charge is -2.04. The van der Waals surface area contributed by atoms with Crippen molar-refractivity contribution in [3.63, 3.8) is 0 Å². The first kappa shape index (κ1) is 13.8. The number of carboxylic acids is 1. The van der Waals surface area contributed by atoms with E-state index in [0.717, 1.165) is 0 Å². The number of halogens is 1. The SMILES string of the molecule is CC(=O)OCC[C@@H](N)C(=O)O.Cl. The lowest BCUT2D eigenvalue weighted by Crippen LogP contribution is -2.31. The molecule has 0 radical (unpaired) electrons. The van der Waals surface area contributed by atoms with Gasteiger partial charge in [-0.05, 0) is 0 Å². The van der Waals surface area contributed by atoms with Gasteiger partial charge in [-0.15, -0.1) is 12.4 Å². The van der Waals surface area contributed by atoms with Crippen LogP contribution in [-0.2, 0) is 14.3 Å². The number of ether oxygens (including phenoxy) is 1. The molecule has 0 saturated heterocycles. The van der Waals surface area contributed by atoms with Crippen LogP contribution in [-0.4, -0.2) is 29.7 Å². The largest absolute Gasteiger partial charge is 0.480 e. The van der Waals surface area contributed by atoms with E-state index in [2.05, 4.69) is 4.74 Å². The number of hydrogen-bond donors (Lipinski definition) is 2. The van der Waals surface area contributed by atoms with Crippen LogP contribution in [0.3, 0.4) is 0 Å². The molecule has 0 aromatic carbocycles. The van der Waals surface area contributed by atoms with Gasteiger partial charge in [-0.3, -0.25) is 9.59 Å². The number of aliphatic carboxylic acids is 1. The summed E-state index contributed by atoms with van der Waals surface area (Å²) in [6, 6.07) is -0.950. The summed E-state index contributed by atoms with van der Waals surface area (Å²) in [5.41, 5.74) is 5.11. The van der Waals surface area contributed by atoms with E-state index < -0.39 is 18.0 Å². The van der Waals surface area contributed by atoms with Crippen molar-refractivity contribution < 1.29 is 19.4 Å². The van der Waals surface area contributed by atoms with Crippen LogP contribution in [0.4, 0.5) is 0 Å². The lowest BCUT2D eigenvalue weighted by molar-refractivity contribution is -0.144. The second-order valence-electron chi connectivity index (χ2n) is 2.07. The second-order valence-corrected chi connectivity index (χ2v) is 2.07. The summed E-state index contributed by atoms with van der Waals surface area (Å²) < 4.78 is 4.48. The first-order valence-corrected chi connectivity index (χ1v) is 3.15. The van der Waals surface area contributed by atoms with Gasteiger partial charge < -0.3 is 15.6 Å². The molecule has 0 unspecified atom stereocenters. The zero-order valence-electron chi connectivity index (χ0n) is 6.65. The summed E-state index contributed by atoms with van der Waals surface area (Å²) >= 11 is 0. The van der Waals surface area contributed by atoms with Gasteiger partial charge in [-0.1, -0.05) is 0 Å². The monoisotopic (exact) mass is 197 g/mol. The molecule has 0 saturated carbocycles. The summed E-state index contributed by atoms with van der Waals surface area (Å²) in [6.07, 6.45) is 0.148. The highest BCUT2D eigenvalue weighted by Gasteiger charge is 2.10. The molecule has 0 bridgehead atoms. The fourth-order valence-corrected chi connectivity index (χ4v) is 0.453. The van der Waals surface area contributed by atoms with E-state index in [1.54, 1.807) is 0 Å². The Labute approximate surface area is 76.3 Å². The van der Waals surface area contributed by atoms with Crippen LogP contribution in [0.1, 0.15) is 13.3 Å². The van der Waals surface area contributed by atoms with Gasteiger partial charge in [0.15, 0.2) is 0 Å². The van der Waals surface area contributed by atoms with E-state index >= 15 is 0 Å². The Morgan fingerprint density at radius 3 is 2.42 bits per heavy atom. The van der Waals surface area contributed by atoms with Crippen LogP contribution < -0.4 is 5.73 Å². The van der Waals surface area contributed by atoms with Crippen molar-refractivity contribution in [2.45, 2.75) is 19.4 Å². The first-order chi connectivity index (χ1) is 5.04. The van der Waals surface area contributed by atoms with Crippen molar-refractivity contribution in [3.8, 4) is 0 Å². The van der Waals surface area contributed by atoms with Crippen LogP contribution in [0, 0.1) is 0 Å². The number of rotatable bonds is 4. The van der Waals surface area contributed by atoms with Crippen LogP contribution in [0.2, 0.25) is 0 Å². The molecule has 0 aromatic heterocycles. The molecule has 72 valence electrons. The fraction of sp³-hybridized carbons (Fsp3) is 0.667. The minimum absolute atomic E-state index is 0. The third-order valence-corrected chi connectivity index (χ3v) is 1.05. The molecule has 0 aliphatic heterocycles. The van der Waals surface area contributed by atoms with Crippen molar-refractivity contribution in [2.75, 3.05) is 6.61 Å². The maximum absolute atomic E-state index is 10.2. The molecule has 0 fully saturated rings. The van der Waals surface area contributed by atoms with E-state index in [1.807, 2.05) is 0 Å². The number of nitrogens with two attached hydrogens (primary N) is 1. The Hall–Kier alpha value is -0.810. The normalized spacial score (nSPS) is 11.2. The standard InChI is InChI=1S/C6H11NO4.ClH/c1-4(8)11-3-2-5(7)6(9)10;/h5H,2-3,7H2,1H3,(H,9,10);1H/t5-;/m1./s1. The van der Waals surface area contributed by atoms with Gasteiger partial charge in [-0.25, -0.2) is 0 Å². The van der Waals surface area contributed by atoms with E-state index in [9.17, 15) is 9.59 Å². The zero-order chi connectivity index (χ0) is 8.85. The minimum atomic E-state index is -1.09. The Morgan fingerprint density at radius 1 is 1.58 bits per heavy atom. The Bertz CT molecular complexity index is 162. The molecule has 0 heterocycles. The van der Waals surface area contributed by atoms with Crippen molar-refractivity contribution >= 4 is 24.3 Å². The summed E-state index contributed by atoms with van der Waals surface area (Å²) in [4.78, 5) is 20.3. The maximum atomic E-state index is 10.2.